The first-order chi connectivity index (χ1) is 17.9. The second-order valence-electron chi connectivity index (χ2n) is 9.54. The van der Waals surface area contributed by atoms with Gasteiger partial charge in [0.1, 0.15) is 28.7 Å². The van der Waals surface area contributed by atoms with Crippen molar-refractivity contribution in [1.29, 1.82) is 0 Å². The Labute approximate surface area is 218 Å². The van der Waals surface area contributed by atoms with Gasteiger partial charge < -0.3 is 23.5 Å². The predicted molar refractivity (Wildman–Crippen MR) is 144 cm³/mol. The van der Waals surface area contributed by atoms with Crippen LogP contribution in [0.25, 0.3) is 22.3 Å². The molecule has 1 N–H and O–H groups in total. The summed E-state index contributed by atoms with van der Waals surface area (Å²) in [7, 11) is 1.62. The van der Waals surface area contributed by atoms with Crippen molar-refractivity contribution in [1.82, 2.24) is 5.32 Å². The SMILES string of the molecule is CNC(=O)c1c(-c2ccc(Oc3ccc(F)cc3)cc2)oc2cc3c(cc12)[C@@H](C)OC1(CC1)CN3SC. The largest absolute Gasteiger partial charge is 0.457 e. The lowest BCUT2D eigenvalue weighted by Gasteiger charge is -2.24. The zero-order valence-electron chi connectivity index (χ0n) is 20.8. The van der Waals surface area contributed by atoms with Gasteiger partial charge in [0.2, 0.25) is 0 Å². The van der Waals surface area contributed by atoms with E-state index in [-0.39, 0.29) is 23.4 Å². The number of hydrogen-bond donors (Lipinski definition) is 1. The van der Waals surface area contributed by atoms with E-state index in [0.717, 1.165) is 41.6 Å². The fourth-order valence-electron chi connectivity index (χ4n) is 4.96. The summed E-state index contributed by atoms with van der Waals surface area (Å²) in [6.45, 7) is 2.90. The summed E-state index contributed by atoms with van der Waals surface area (Å²) in [6, 6.07) is 17.2. The molecule has 1 amide bonds. The fourth-order valence-corrected chi connectivity index (χ4v) is 5.68. The van der Waals surface area contributed by atoms with E-state index in [1.165, 1.54) is 12.1 Å². The molecule has 1 aliphatic heterocycles. The second kappa shape index (κ2) is 9.11. The van der Waals surface area contributed by atoms with Crippen molar-refractivity contribution in [2.75, 3.05) is 24.2 Å². The molecule has 8 heteroatoms. The van der Waals surface area contributed by atoms with Crippen molar-refractivity contribution in [2.24, 2.45) is 0 Å². The number of ether oxygens (including phenoxy) is 2. The summed E-state index contributed by atoms with van der Waals surface area (Å²) in [6.07, 6.45) is 4.09. The van der Waals surface area contributed by atoms with Crippen molar-refractivity contribution < 1.29 is 23.1 Å². The van der Waals surface area contributed by atoms with E-state index >= 15 is 0 Å². The zero-order chi connectivity index (χ0) is 25.7. The molecule has 37 heavy (non-hydrogen) atoms. The highest BCUT2D eigenvalue weighted by Crippen LogP contribution is 2.51. The number of carbonyl (C=O) groups is 1. The molecule has 0 saturated heterocycles. The molecule has 0 unspecified atom stereocenters. The number of hydrogen-bond acceptors (Lipinski definition) is 6. The molecule has 3 aromatic carbocycles. The fraction of sp³-hybridized carbons (Fsp3) is 0.276. The minimum atomic E-state index is -0.319. The topological polar surface area (TPSA) is 63.9 Å². The highest BCUT2D eigenvalue weighted by atomic mass is 32.2. The maximum absolute atomic E-state index is 13.2. The molecule has 0 bridgehead atoms. The van der Waals surface area contributed by atoms with E-state index in [1.54, 1.807) is 43.3 Å². The molecule has 1 spiro atoms. The Hall–Kier alpha value is -3.49. The first-order valence-corrected chi connectivity index (χ1v) is 13.4. The van der Waals surface area contributed by atoms with E-state index in [4.69, 9.17) is 13.9 Å². The predicted octanol–water partition coefficient (Wildman–Crippen LogP) is 7.10. The van der Waals surface area contributed by atoms with Crippen LogP contribution in [0.3, 0.4) is 0 Å². The van der Waals surface area contributed by atoms with Crippen LogP contribution in [0.5, 0.6) is 11.5 Å². The van der Waals surface area contributed by atoms with Crippen LogP contribution in [0.15, 0.2) is 65.1 Å². The van der Waals surface area contributed by atoms with Crippen molar-refractivity contribution >= 4 is 34.5 Å². The van der Waals surface area contributed by atoms with E-state index in [9.17, 15) is 9.18 Å². The maximum Gasteiger partial charge on any atom is 0.255 e. The number of halogens is 1. The maximum atomic E-state index is 13.2. The molecule has 6 nitrogen and oxygen atoms in total. The molecule has 190 valence electrons. The van der Waals surface area contributed by atoms with Gasteiger partial charge in [-0.25, -0.2) is 4.39 Å². The molecule has 4 aromatic rings. The lowest BCUT2D eigenvalue weighted by molar-refractivity contribution is -0.0114. The van der Waals surface area contributed by atoms with Gasteiger partial charge in [0.25, 0.3) is 5.91 Å². The summed E-state index contributed by atoms with van der Waals surface area (Å²) in [5.74, 6) is 1.08. The molecule has 1 aliphatic carbocycles. The number of anilines is 1. The standard InChI is InChI=1S/C29H27FN2O4S/c1-17-22-14-23-25(15-24(22)32(37-3)16-29(36-17)12-13-29)35-27(26(23)28(33)31-2)18-4-8-20(9-5-18)34-21-10-6-19(30)7-11-21/h4-11,14-15,17H,12-13,16H2,1-3H3,(H,31,33)/t17-/m1/s1. The number of nitrogens with one attached hydrogen (secondary N) is 1. The number of fused-ring (bicyclic) bond motifs is 2. The first-order valence-electron chi connectivity index (χ1n) is 12.3. The van der Waals surface area contributed by atoms with Gasteiger partial charge in [-0.1, -0.05) is 11.9 Å². The van der Waals surface area contributed by atoms with Crippen molar-refractivity contribution in [3.05, 3.63) is 77.6 Å². The molecule has 2 aliphatic rings. The number of nitrogens with zero attached hydrogens (tertiary/aromatic N) is 1. The van der Waals surface area contributed by atoms with Crippen LogP contribution in [0, 0.1) is 5.82 Å². The minimum absolute atomic E-state index is 0.0882. The lowest BCUT2D eigenvalue weighted by Crippen LogP contribution is -2.28. The van der Waals surface area contributed by atoms with Gasteiger partial charge >= 0.3 is 0 Å². The molecule has 6 rings (SSSR count). The molecule has 1 fully saturated rings. The zero-order valence-corrected chi connectivity index (χ0v) is 21.7. The Morgan fingerprint density at radius 2 is 1.78 bits per heavy atom. The Bertz CT molecular complexity index is 1480. The number of furan rings is 1. The van der Waals surface area contributed by atoms with Crippen molar-refractivity contribution in [2.45, 2.75) is 31.5 Å². The van der Waals surface area contributed by atoms with Gasteiger partial charge in [0.05, 0.1) is 29.5 Å². The molecular weight excluding hydrogens is 491 g/mol. The van der Waals surface area contributed by atoms with Gasteiger partial charge in [-0.05, 0) is 74.4 Å². The van der Waals surface area contributed by atoms with Gasteiger partial charge in [-0.3, -0.25) is 4.79 Å². The monoisotopic (exact) mass is 518 g/mol. The normalized spacial score (nSPS) is 17.9. The van der Waals surface area contributed by atoms with E-state index < -0.39 is 0 Å². The van der Waals surface area contributed by atoms with Crippen molar-refractivity contribution in [3.8, 4) is 22.8 Å². The van der Waals surface area contributed by atoms with Gasteiger partial charge in [0.15, 0.2) is 0 Å². The van der Waals surface area contributed by atoms with Crippen LogP contribution < -0.4 is 14.4 Å². The first kappa shape index (κ1) is 23.9. The second-order valence-corrected chi connectivity index (χ2v) is 10.3. The summed E-state index contributed by atoms with van der Waals surface area (Å²) in [4.78, 5) is 13.1. The third kappa shape index (κ3) is 4.34. The number of rotatable bonds is 5. The quantitative estimate of drug-likeness (QED) is 0.284. The molecule has 1 aromatic heterocycles. The number of amides is 1. The Morgan fingerprint density at radius 1 is 1.11 bits per heavy atom. The van der Waals surface area contributed by atoms with E-state index in [2.05, 4.69) is 22.8 Å². The molecule has 1 saturated carbocycles. The van der Waals surface area contributed by atoms with Crippen LogP contribution in [-0.2, 0) is 4.74 Å². The summed E-state index contributed by atoms with van der Waals surface area (Å²) in [5.41, 5.74) is 3.90. The lowest BCUT2D eigenvalue weighted by atomic mass is 10.0. The van der Waals surface area contributed by atoms with Crippen LogP contribution >= 0.6 is 11.9 Å². The van der Waals surface area contributed by atoms with Gasteiger partial charge in [0, 0.05) is 35.9 Å². The summed E-state index contributed by atoms with van der Waals surface area (Å²) < 4.78 is 34.1. The highest BCUT2D eigenvalue weighted by Gasteiger charge is 2.49. The number of carbonyl (C=O) groups excluding carboxylic acids is 1. The van der Waals surface area contributed by atoms with Crippen LogP contribution in [0.2, 0.25) is 0 Å². The summed E-state index contributed by atoms with van der Waals surface area (Å²) >= 11 is 1.67. The highest BCUT2D eigenvalue weighted by molar-refractivity contribution is 8.00. The number of benzene rings is 3. The third-order valence-corrected chi connectivity index (χ3v) is 7.82. The average Bonchev–Trinajstić information content (AvgIpc) is 3.58. The van der Waals surface area contributed by atoms with Crippen LogP contribution in [-0.4, -0.2) is 31.4 Å². The third-order valence-electron chi connectivity index (χ3n) is 7.05. The molecule has 2 heterocycles. The Kier molecular flexibility index (Phi) is 5.88. The van der Waals surface area contributed by atoms with Gasteiger partial charge in [-0.2, -0.15) is 0 Å². The van der Waals surface area contributed by atoms with Crippen LogP contribution in [0.1, 0.15) is 41.8 Å². The molecular formula is C29H27FN2O4S. The van der Waals surface area contributed by atoms with Gasteiger partial charge in [-0.15, -0.1) is 0 Å². The Morgan fingerprint density at radius 3 is 2.41 bits per heavy atom. The average molecular weight is 519 g/mol. The summed E-state index contributed by atoms with van der Waals surface area (Å²) in [5, 5.41) is 3.52. The van der Waals surface area contributed by atoms with Crippen molar-refractivity contribution in [3.63, 3.8) is 0 Å². The van der Waals surface area contributed by atoms with E-state index in [0.29, 0.717) is 28.4 Å². The molecule has 1 atom stereocenters. The van der Waals surface area contributed by atoms with E-state index in [1.807, 2.05) is 24.3 Å². The van der Waals surface area contributed by atoms with Crippen LogP contribution in [0.4, 0.5) is 10.1 Å². The Balaban J connectivity index is 1.41. The minimum Gasteiger partial charge on any atom is -0.457 e. The molecule has 0 radical (unpaired) electrons. The smallest absolute Gasteiger partial charge is 0.255 e.